The highest BCUT2D eigenvalue weighted by molar-refractivity contribution is 9.10. The Morgan fingerprint density at radius 3 is 2.41 bits per heavy atom. The van der Waals surface area contributed by atoms with E-state index in [-0.39, 0.29) is 5.57 Å². The van der Waals surface area contributed by atoms with Crippen LogP contribution in [0, 0.1) is 0 Å². The number of imide groups is 2. The Morgan fingerprint density at radius 1 is 1.10 bits per heavy atom. The number of rotatable bonds is 5. The van der Waals surface area contributed by atoms with E-state index < -0.39 is 30.4 Å². The van der Waals surface area contributed by atoms with Gasteiger partial charge in [-0.3, -0.25) is 14.9 Å². The van der Waals surface area contributed by atoms with Crippen LogP contribution >= 0.6 is 31.9 Å². The van der Waals surface area contributed by atoms with Gasteiger partial charge in [0.25, 0.3) is 11.8 Å². The molecule has 1 heterocycles. The molecule has 1 saturated heterocycles. The number of aliphatic carboxylic acids is 1. The predicted molar refractivity (Wildman–Crippen MR) is 110 cm³/mol. The lowest BCUT2D eigenvalue weighted by atomic mass is 10.1. The van der Waals surface area contributed by atoms with Crippen LogP contribution in [-0.4, -0.2) is 35.5 Å². The maximum atomic E-state index is 12.8. The average molecular weight is 524 g/mol. The van der Waals surface area contributed by atoms with Crippen molar-refractivity contribution in [2.45, 2.75) is 0 Å². The molecule has 29 heavy (non-hydrogen) atoms. The summed E-state index contributed by atoms with van der Waals surface area (Å²) in [5, 5.41) is 10.8. The van der Waals surface area contributed by atoms with Crippen molar-refractivity contribution in [2.75, 3.05) is 11.5 Å². The molecule has 10 heteroatoms. The van der Waals surface area contributed by atoms with Gasteiger partial charge in [-0.1, -0.05) is 22.0 Å². The van der Waals surface area contributed by atoms with Gasteiger partial charge < -0.3 is 9.84 Å². The summed E-state index contributed by atoms with van der Waals surface area (Å²) in [5.41, 5.74) is 0.564. The first-order valence-corrected chi connectivity index (χ1v) is 9.66. The Labute approximate surface area is 181 Å². The maximum absolute atomic E-state index is 12.8. The summed E-state index contributed by atoms with van der Waals surface area (Å²) in [4.78, 5) is 48.7. The molecule has 0 saturated carbocycles. The van der Waals surface area contributed by atoms with Gasteiger partial charge in [-0.15, -0.1) is 0 Å². The number of ether oxygens (including phenoxy) is 1. The number of hydrogen-bond donors (Lipinski definition) is 2. The van der Waals surface area contributed by atoms with Crippen molar-refractivity contribution in [1.82, 2.24) is 5.32 Å². The lowest BCUT2D eigenvalue weighted by molar-refractivity contribution is -0.139. The van der Waals surface area contributed by atoms with Crippen molar-refractivity contribution in [3.8, 4) is 5.75 Å². The Morgan fingerprint density at radius 2 is 1.79 bits per heavy atom. The minimum Gasteiger partial charge on any atom is -0.481 e. The maximum Gasteiger partial charge on any atom is 0.341 e. The zero-order valence-electron chi connectivity index (χ0n) is 14.5. The van der Waals surface area contributed by atoms with Gasteiger partial charge >= 0.3 is 12.0 Å². The molecule has 2 aromatic carbocycles. The van der Waals surface area contributed by atoms with Crippen LogP contribution in [0.2, 0.25) is 0 Å². The molecule has 0 radical (unpaired) electrons. The minimum absolute atomic E-state index is 0.223. The first-order valence-electron chi connectivity index (χ1n) is 8.07. The van der Waals surface area contributed by atoms with Gasteiger partial charge in [0.2, 0.25) is 0 Å². The number of nitrogens with one attached hydrogen (secondary N) is 1. The molecule has 0 aliphatic carbocycles. The Kier molecular flexibility index (Phi) is 6.14. The molecular weight excluding hydrogens is 512 g/mol. The Hall–Kier alpha value is -2.98. The van der Waals surface area contributed by atoms with Gasteiger partial charge in [0, 0.05) is 4.47 Å². The molecule has 4 amide bonds. The van der Waals surface area contributed by atoms with Crippen molar-refractivity contribution in [3.05, 3.63) is 62.5 Å². The third kappa shape index (κ3) is 4.72. The summed E-state index contributed by atoms with van der Waals surface area (Å²) < 4.78 is 6.33. The van der Waals surface area contributed by atoms with Crippen molar-refractivity contribution in [2.24, 2.45) is 0 Å². The van der Waals surface area contributed by atoms with Crippen LogP contribution in [0.4, 0.5) is 10.5 Å². The minimum atomic E-state index is -1.12. The van der Waals surface area contributed by atoms with Crippen molar-refractivity contribution >= 4 is 67.4 Å². The lowest BCUT2D eigenvalue weighted by Crippen LogP contribution is -2.54. The number of benzene rings is 2. The summed E-state index contributed by atoms with van der Waals surface area (Å²) in [7, 11) is 0. The summed E-state index contributed by atoms with van der Waals surface area (Å²) in [6.07, 6.45) is 1.34. The molecule has 148 valence electrons. The summed E-state index contributed by atoms with van der Waals surface area (Å²) in [6.45, 7) is -0.510. The zero-order valence-corrected chi connectivity index (χ0v) is 17.7. The first kappa shape index (κ1) is 20.7. The molecule has 0 atom stereocenters. The monoisotopic (exact) mass is 522 g/mol. The van der Waals surface area contributed by atoms with E-state index in [9.17, 15) is 19.2 Å². The second kappa shape index (κ2) is 8.58. The van der Waals surface area contributed by atoms with Crippen LogP contribution in [0.25, 0.3) is 6.08 Å². The SMILES string of the molecule is O=C(O)COc1ccc(C=C2C(=O)NC(=O)N(c3ccc(Br)cc3)C2=O)cc1Br. The third-order valence-corrected chi connectivity index (χ3v) is 4.95. The molecule has 0 bridgehead atoms. The van der Waals surface area contributed by atoms with E-state index in [2.05, 4.69) is 37.2 Å². The van der Waals surface area contributed by atoms with Gasteiger partial charge in [-0.05, 0) is 64.0 Å². The summed E-state index contributed by atoms with van der Waals surface area (Å²) in [5.74, 6) is -2.40. The van der Waals surface area contributed by atoms with Crippen molar-refractivity contribution in [1.29, 1.82) is 0 Å². The summed E-state index contributed by atoms with van der Waals surface area (Å²) >= 11 is 6.54. The van der Waals surface area contributed by atoms with Crippen molar-refractivity contribution < 1.29 is 29.0 Å². The molecule has 1 aliphatic rings. The Balaban J connectivity index is 1.91. The number of urea groups is 1. The van der Waals surface area contributed by atoms with Gasteiger partial charge in [0.1, 0.15) is 11.3 Å². The van der Waals surface area contributed by atoms with E-state index in [0.29, 0.717) is 21.5 Å². The van der Waals surface area contributed by atoms with Crippen LogP contribution < -0.4 is 15.0 Å². The Bertz CT molecular complexity index is 1050. The lowest BCUT2D eigenvalue weighted by Gasteiger charge is -2.26. The van der Waals surface area contributed by atoms with Crippen LogP contribution in [0.5, 0.6) is 5.75 Å². The smallest absolute Gasteiger partial charge is 0.341 e. The molecule has 8 nitrogen and oxygen atoms in total. The molecule has 2 aromatic rings. The number of barbiturate groups is 1. The summed E-state index contributed by atoms with van der Waals surface area (Å²) in [6, 6.07) is 10.3. The first-order chi connectivity index (χ1) is 13.8. The predicted octanol–water partition coefficient (Wildman–Crippen LogP) is 3.34. The number of anilines is 1. The fourth-order valence-corrected chi connectivity index (χ4v) is 3.29. The van der Waals surface area contributed by atoms with Crippen LogP contribution in [-0.2, 0) is 14.4 Å². The zero-order chi connectivity index (χ0) is 21.1. The molecule has 2 N–H and O–H groups in total. The largest absolute Gasteiger partial charge is 0.481 e. The number of hydrogen-bond acceptors (Lipinski definition) is 5. The van der Waals surface area contributed by atoms with E-state index in [0.717, 1.165) is 9.37 Å². The van der Waals surface area contributed by atoms with Crippen LogP contribution in [0.3, 0.4) is 0 Å². The van der Waals surface area contributed by atoms with Gasteiger partial charge in [-0.25, -0.2) is 14.5 Å². The number of carboxylic acids is 1. The van der Waals surface area contributed by atoms with E-state index in [1.54, 1.807) is 36.4 Å². The van der Waals surface area contributed by atoms with Gasteiger partial charge in [0.05, 0.1) is 10.2 Å². The van der Waals surface area contributed by atoms with E-state index in [4.69, 9.17) is 9.84 Å². The number of amides is 4. The van der Waals surface area contributed by atoms with E-state index in [1.165, 1.54) is 12.1 Å². The second-order valence-corrected chi connectivity index (χ2v) is 7.58. The van der Waals surface area contributed by atoms with Crippen LogP contribution in [0.1, 0.15) is 5.56 Å². The number of carbonyl (C=O) groups is 4. The molecule has 0 unspecified atom stereocenters. The third-order valence-electron chi connectivity index (χ3n) is 3.80. The highest BCUT2D eigenvalue weighted by Crippen LogP contribution is 2.28. The molecule has 1 fully saturated rings. The molecule has 0 spiro atoms. The highest BCUT2D eigenvalue weighted by Gasteiger charge is 2.36. The van der Waals surface area contributed by atoms with E-state index >= 15 is 0 Å². The molecule has 0 aromatic heterocycles. The number of nitrogens with zero attached hydrogens (tertiary/aromatic N) is 1. The molecule has 1 aliphatic heterocycles. The molecular formula is C19H12Br2N2O6. The number of carbonyl (C=O) groups excluding carboxylic acids is 3. The van der Waals surface area contributed by atoms with Crippen LogP contribution in [0.15, 0.2) is 57.0 Å². The molecule has 3 rings (SSSR count). The second-order valence-electron chi connectivity index (χ2n) is 5.81. The number of carboxylic acid groups (broad SMARTS) is 1. The normalized spacial score (nSPS) is 15.4. The standard InChI is InChI=1S/C19H12Br2N2O6/c20-11-2-4-12(5-3-11)23-18(27)13(17(26)22-19(23)28)7-10-1-6-15(14(21)8-10)29-9-16(24)25/h1-8H,9H2,(H,24,25)(H,22,26,28). The topological polar surface area (TPSA) is 113 Å². The van der Waals surface area contributed by atoms with Crippen molar-refractivity contribution in [3.63, 3.8) is 0 Å². The van der Waals surface area contributed by atoms with E-state index in [1.807, 2.05) is 0 Å². The fraction of sp³-hybridized carbons (Fsp3) is 0.0526. The average Bonchev–Trinajstić information content (AvgIpc) is 2.65. The fourth-order valence-electron chi connectivity index (χ4n) is 2.51. The highest BCUT2D eigenvalue weighted by atomic mass is 79.9. The van der Waals surface area contributed by atoms with Gasteiger partial charge in [-0.2, -0.15) is 0 Å². The number of halogens is 2. The quantitative estimate of drug-likeness (QED) is 0.459. The van der Waals surface area contributed by atoms with Gasteiger partial charge in [0.15, 0.2) is 6.61 Å².